The van der Waals surface area contributed by atoms with Gasteiger partial charge in [-0.15, -0.1) is 0 Å². The van der Waals surface area contributed by atoms with Crippen molar-refractivity contribution in [1.29, 1.82) is 0 Å². The van der Waals surface area contributed by atoms with Crippen LogP contribution >= 0.6 is 11.6 Å². The molecule has 0 aromatic heterocycles. The van der Waals surface area contributed by atoms with Gasteiger partial charge in [-0.05, 0) is 50.4 Å². The van der Waals surface area contributed by atoms with Crippen molar-refractivity contribution in [3.8, 4) is 0 Å². The van der Waals surface area contributed by atoms with Gasteiger partial charge in [-0.2, -0.15) is 0 Å². The molecule has 1 aromatic carbocycles. The van der Waals surface area contributed by atoms with Crippen LogP contribution in [0, 0.1) is 0 Å². The van der Waals surface area contributed by atoms with Gasteiger partial charge >= 0.3 is 0 Å². The van der Waals surface area contributed by atoms with E-state index in [9.17, 15) is 4.79 Å². The van der Waals surface area contributed by atoms with Gasteiger partial charge < -0.3 is 10.2 Å². The summed E-state index contributed by atoms with van der Waals surface area (Å²) in [5.74, 6) is 0.210. The predicted molar refractivity (Wildman–Crippen MR) is 98.2 cm³/mol. The monoisotopic (exact) mass is 349 g/mol. The zero-order valence-corrected chi connectivity index (χ0v) is 15.3. The minimum Gasteiger partial charge on any atom is -0.343 e. The van der Waals surface area contributed by atoms with Crippen molar-refractivity contribution in [2.75, 3.05) is 26.2 Å². The molecule has 2 fully saturated rings. The average molecular weight is 350 g/mol. The molecular weight excluding hydrogens is 322 g/mol. The number of halogens is 1. The number of rotatable bonds is 4. The molecular formula is C19H28ClN3O. The number of piperidine rings is 2. The van der Waals surface area contributed by atoms with Gasteiger partial charge in [0.15, 0.2) is 0 Å². The van der Waals surface area contributed by atoms with Crippen LogP contribution in [-0.4, -0.2) is 54.0 Å². The van der Waals surface area contributed by atoms with Gasteiger partial charge in [0, 0.05) is 43.7 Å². The molecule has 24 heavy (non-hydrogen) atoms. The Morgan fingerprint density at radius 2 is 1.67 bits per heavy atom. The Hall–Kier alpha value is -1.10. The SMILES string of the molecule is CC(=O)N1CCC(NC2CCN(Cc3ccccc3Cl)CC2)CC1. The summed E-state index contributed by atoms with van der Waals surface area (Å²) in [6.07, 6.45) is 4.55. The first kappa shape index (κ1) is 17.7. The first-order valence-electron chi connectivity index (χ1n) is 9.09. The van der Waals surface area contributed by atoms with Crippen molar-refractivity contribution >= 4 is 17.5 Å². The Labute approximate surface area is 150 Å². The van der Waals surface area contributed by atoms with Gasteiger partial charge in [0.2, 0.25) is 5.91 Å². The molecule has 2 saturated heterocycles. The number of amides is 1. The summed E-state index contributed by atoms with van der Waals surface area (Å²) in [5, 5.41) is 4.69. The summed E-state index contributed by atoms with van der Waals surface area (Å²) in [6, 6.07) is 9.32. The van der Waals surface area contributed by atoms with Crippen molar-refractivity contribution in [1.82, 2.24) is 15.1 Å². The lowest BCUT2D eigenvalue weighted by molar-refractivity contribution is -0.129. The predicted octanol–water partition coefficient (Wildman–Crippen LogP) is 2.90. The number of carbonyl (C=O) groups excluding carboxylic acids is 1. The van der Waals surface area contributed by atoms with E-state index in [2.05, 4.69) is 22.3 Å². The molecule has 0 bridgehead atoms. The molecule has 0 unspecified atom stereocenters. The maximum absolute atomic E-state index is 11.4. The molecule has 0 radical (unpaired) electrons. The topological polar surface area (TPSA) is 35.6 Å². The second-order valence-electron chi connectivity index (χ2n) is 7.09. The van der Waals surface area contributed by atoms with Crippen molar-refractivity contribution in [3.05, 3.63) is 34.9 Å². The molecule has 132 valence electrons. The number of hydrogen-bond donors (Lipinski definition) is 1. The second-order valence-corrected chi connectivity index (χ2v) is 7.50. The maximum atomic E-state index is 11.4. The molecule has 1 N–H and O–H groups in total. The van der Waals surface area contributed by atoms with E-state index in [1.165, 1.54) is 18.4 Å². The van der Waals surface area contributed by atoms with Crippen molar-refractivity contribution in [2.24, 2.45) is 0 Å². The summed E-state index contributed by atoms with van der Waals surface area (Å²) in [7, 11) is 0. The minimum atomic E-state index is 0.210. The van der Waals surface area contributed by atoms with Crippen LogP contribution in [0.15, 0.2) is 24.3 Å². The Morgan fingerprint density at radius 3 is 2.25 bits per heavy atom. The van der Waals surface area contributed by atoms with E-state index in [1.54, 1.807) is 6.92 Å². The first-order chi connectivity index (χ1) is 11.6. The van der Waals surface area contributed by atoms with E-state index in [1.807, 2.05) is 17.0 Å². The van der Waals surface area contributed by atoms with Gasteiger partial charge in [-0.1, -0.05) is 29.8 Å². The summed E-state index contributed by atoms with van der Waals surface area (Å²) < 4.78 is 0. The summed E-state index contributed by atoms with van der Waals surface area (Å²) in [5.41, 5.74) is 1.22. The van der Waals surface area contributed by atoms with Crippen molar-refractivity contribution in [3.63, 3.8) is 0 Å². The molecule has 2 heterocycles. The largest absolute Gasteiger partial charge is 0.343 e. The van der Waals surface area contributed by atoms with Crippen LogP contribution in [0.1, 0.15) is 38.2 Å². The molecule has 2 aliphatic rings. The zero-order chi connectivity index (χ0) is 16.9. The normalized spacial score (nSPS) is 21.2. The second kappa shape index (κ2) is 8.32. The summed E-state index contributed by atoms with van der Waals surface area (Å²) in [4.78, 5) is 15.9. The van der Waals surface area contributed by atoms with Crippen LogP contribution in [-0.2, 0) is 11.3 Å². The van der Waals surface area contributed by atoms with Crippen LogP contribution in [0.4, 0.5) is 0 Å². The maximum Gasteiger partial charge on any atom is 0.219 e. The zero-order valence-electron chi connectivity index (χ0n) is 14.5. The fourth-order valence-electron chi connectivity index (χ4n) is 3.82. The highest BCUT2D eigenvalue weighted by atomic mass is 35.5. The lowest BCUT2D eigenvalue weighted by Crippen LogP contribution is -2.50. The first-order valence-corrected chi connectivity index (χ1v) is 9.47. The van der Waals surface area contributed by atoms with Gasteiger partial charge in [-0.3, -0.25) is 9.69 Å². The number of hydrogen-bond acceptors (Lipinski definition) is 3. The third kappa shape index (κ3) is 4.71. The molecule has 4 nitrogen and oxygen atoms in total. The van der Waals surface area contributed by atoms with Crippen LogP contribution in [0.5, 0.6) is 0 Å². The van der Waals surface area contributed by atoms with Crippen LogP contribution < -0.4 is 5.32 Å². The minimum absolute atomic E-state index is 0.210. The fourth-order valence-corrected chi connectivity index (χ4v) is 4.02. The Balaban J connectivity index is 1.40. The molecule has 1 aromatic rings. The van der Waals surface area contributed by atoms with Gasteiger partial charge in [0.25, 0.3) is 0 Å². The average Bonchev–Trinajstić information content (AvgIpc) is 2.59. The van der Waals surface area contributed by atoms with Crippen LogP contribution in [0.25, 0.3) is 0 Å². The van der Waals surface area contributed by atoms with E-state index in [0.29, 0.717) is 12.1 Å². The van der Waals surface area contributed by atoms with E-state index >= 15 is 0 Å². The highest BCUT2D eigenvalue weighted by molar-refractivity contribution is 6.31. The lowest BCUT2D eigenvalue weighted by atomic mass is 9.99. The van der Waals surface area contributed by atoms with Gasteiger partial charge in [-0.25, -0.2) is 0 Å². The van der Waals surface area contributed by atoms with Gasteiger partial charge in [0.05, 0.1) is 0 Å². The highest BCUT2D eigenvalue weighted by Crippen LogP contribution is 2.21. The van der Waals surface area contributed by atoms with Gasteiger partial charge in [0.1, 0.15) is 0 Å². The molecule has 0 saturated carbocycles. The summed E-state index contributed by atoms with van der Waals surface area (Å²) in [6.45, 7) is 6.66. The number of nitrogens with zero attached hydrogens (tertiary/aromatic N) is 2. The third-order valence-corrected chi connectivity index (χ3v) is 5.72. The number of carbonyl (C=O) groups is 1. The number of nitrogens with one attached hydrogen (secondary N) is 1. The fraction of sp³-hybridized carbons (Fsp3) is 0.632. The van der Waals surface area contributed by atoms with Crippen molar-refractivity contribution < 1.29 is 4.79 Å². The summed E-state index contributed by atoms with van der Waals surface area (Å²) >= 11 is 6.27. The van der Waals surface area contributed by atoms with E-state index < -0.39 is 0 Å². The Bertz CT molecular complexity index is 549. The number of benzene rings is 1. The third-order valence-electron chi connectivity index (χ3n) is 5.35. The van der Waals surface area contributed by atoms with E-state index in [4.69, 9.17) is 11.6 Å². The van der Waals surface area contributed by atoms with Crippen LogP contribution in [0.3, 0.4) is 0 Å². The Morgan fingerprint density at radius 1 is 1.08 bits per heavy atom. The van der Waals surface area contributed by atoms with Crippen LogP contribution in [0.2, 0.25) is 5.02 Å². The smallest absolute Gasteiger partial charge is 0.219 e. The molecule has 0 aliphatic carbocycles. The molecule has 3 rings (SSSR count). The number of likely N-dealkylation sites (tertiary alicyclic amines) is 2. The van der Waals surface area contributed by atoms with E-state index in [0.717, 1.165) is 50.6 Å². The Kier molecular flexibility index (Phi) is 6.14. The highest BCUT2D eigenvalue weighted by Gasteiger charge is 2.25. The molecule has 0 spiro atoms. The molecule has 2 aliphatic heterocycles. The molecule has 5 heteroatoms. The quantitative estimate of drug-likeness (QED) is 0.907. The molecule has 1 amide bonds. The van der Waals surface area contributed by atoms with Crippen molar-refractivity contribution in [2.45, 2.75) is 51.2 Å². The van der Waals surface area contributed by atoms with E-state index in [-0.39, 0.29) is 5.91 Å². The lowest BCUT2D eigenvalue weighted by Gasteiger charge is -2.37. The standard InChI is InChI=1S/C19H28ClN3O/c1-15(24)23-12-8-18(9-13-23)21-17-6-10-22(11-7-17)14-16-4-2-3-5-19(16)20/h2-5,17-18,21H,6-14H2,1H3. The molecule has 0 atom stereocenters.